The van der Waals surface area contributed by atoms with E-state index in [2.05, 4.69) is 5.32 Å². The Morgan fingerprint density at radius 3 is 2.68 bits per heavy atom. The van der Waals surface area contributed by atoms with Crippen molar-refractivity contribution in [1.29, 1.82) is 0 Å². The fourth-order valence-corrected chi connectivity index (χ4v) is 3.70. The molecule has 0 saturated heterocycles. The Morgan fingerprint density at radius 1 is 1.12 bits per heavy atom. The van der Waals surface area contributed by atoms with E-state index >= 15 is 0 Å². The largest absolute Gasteiger partial charge is 0.454 e. The molecule has 1 N–H and O–H groups in total. The number of ether oxygens (including phenoxy) is 2. The number of hydrogen-bond donors (Lipinski definition) is 1. The van der Waals surface area contributed by atoms with Crippen molar-refractivity contribution < 1.29 is 27.1 Å². The van der Waals surface area contributed by atoms with Crippen LogP contribution < -0.4 is 14.8 Å². The summed E-state index contributed by atoms with van der Waals surface area (Å²) in [4.78, 5) is 11.5. The smallest absolute Gasteiger partial charge is 0.231 e. The molecule has 2 aromatic carbocycles. The zero-order valence-corrected chi connectivity index (χ0v) is 14.0. The number of hydrogen-bond acceptors (Lipinski definition) is 5. The Hall–Kier alpha value is -2.61. The molecule has 0 bridgehead atoms. The average Bonchev–Trinajstić information content (AvgIpc) is 3.06. The molecule has 0 radical (unpaired) electrons. The fourth-order valence-electron chi connectivity index (χ4n) is 2.37. The van der Waals surface area contributed by atoms with Crippen molar-refractivity contribution in [2.75, 3.05) is 12.5 Å². The SMILES string of the molecule is O=C(CCS(=O)(=O)c1ccccc1F)NCc1ccc2c(c1)OCO2. The first-order valence-corrected chi connectivity index (χ1v) is 9.23. The van der Waals surface area contributed by atoms with Gasteiger partial charge in [0.1, 0.15) is 10.7 Å². The molecule has 0 atom stereocenters. The zero-order chi connectivity index (χ0) is 17.9. The minimum Gasteiger partial charge on any atom is -0.454 e. The number of halogens is 1. The van der Waals surface area contributed by atoms with E-state index in [1.54, 1.807) is 18.2 Å². The third kappa shape index (κ3) is 4.08. The molecule has 1 heterocycles. The first-order valence-electron chi connectivity index (χ1n) is 7.58. The van der Waals surface area contributed by atoms with E-state index in [1.165, 1.54) is 18.2 Å². The number of benzene rings is 2. The molecule has 1 amide bonds. The summed E-state index contributed by atoms with van der Waals surface area (Å²) in [6, 6.07) is 10.4. The maximum absolute atomic E-state index is 13.6. The summed E-state index contributed by atoms with van der Waals surface area (Å²) in [5.41, 5.74) is 0.801. The van der Waals surface area contributed by atoms with Gasteiger partial charge in [-0.15, -0.1) is 0 Å². The molecular formula is C17H16FNO5S. The fraction of sp³-hybridized carbons (Fsp3) is 0.235. The molecule has 0 spiro atoms. The molecule has 0 unspecified atom stereocenters. The molecular weight excluding hydrogens is 349 g/mol. The first-order chi connectivity index (χ1) is 12.0. The molecule has 3 rings (SSSR count). The lowest BCUT2D eigenvalue weighted by Crippen LogP contribution is -2.25. The Labute approximate surface area is 144 Å². The van der Waals surface area contributed by atoms with Gasteiger partial charge in [-0.2, -0.15) is 0 Å². The molecule has 1 aliphatic rings. The van der Waals surface area contributed by atoms with Crippen molar-refractivity contribution in [3.05, 3.63) is 53.8 Å². The van der Waals surface area contributed by atoms with E-state index in [-0.39, 0.29) is 19.8 Å². The van der Waals surface area contributed by atoms with Gasteiger partial charge in [0.25, 0.3) is 0 Å². The van der Waals surface area contributed by atoms with Crippen LogP contribution in [0.15, 0.2) is 47.4 Å². The first kappa shape index (κ1) is 17.2. The van der Waals surface area contributed by atoms with Crippen molar-refractivity contribution in [2.45, 2.75) is 17.9 Å². The van der Waals surface area contributed by atoms with Crippen LogP contribution in [0.25, 0.3) is 0 Å². The molecule has 2 aromatic rings. The van der Waals surface area contributed by atoms with E-state index in [0.29, 0.717) is 11.5 Å². The number of sulfone groups is 1. The topological polar surface area (TPSA) is 81.7 Å². The molecule has 132 valence electrons. The van der Waals surface area contributed by atoms with Gasteiger partial charge in [0.05, 0.1) is 5.75 Å². The van der Waals surface area contributed by atoms with Gasteiger partial charge < -0.3 is 14.8 Å². The van der Waals surface area contributed by atoms with Crippen molar-refractivity contribution in [1.82, 2.24) is 5.32 Å². The highest BCUT2D eigenvalue weighted by Gasteiger charge is 2.20. The minimum atomic E-state index is -3.85. The van der Waals surface area contributed by atoms with E-state index in [1.807, 2.05) is 0 Å². The maximum Gasteiger partial charge on any atom is 0.231 e. The summed E-state index contributed by atoms with van der Waals surface area (Å²) in [6.45, 7) is 0.397. The van der Waals surface area contributed by atoms with Crippen LogP contribution in [0.1, 0.15) is 12.0 Å². The highest BCUT2D eigenvalue weighted by atomic mass is 32.2. The van der Waals surface area contributed by atoms with Gasteiger partial charge >= 0.3 is 0 Å². The summed E-state index contributed by atoms with van der Waals surface area (Å²) in [5.74, 6) is -0.457. The third-order valence-electron chi connectivity index (χ3n) is 3.70. The van der Waals surface area contributed by atoms with Gasteiger partial charge in [0.15, 0.2) is 21.3 Å². The van der Waals surface area contributed by atoms with Gasteiger partial charge in [-0.3, -0.25) is 4.79 Å². The minimum absolute atomic E-state index is 0.166. The van der Waals surface area contributed by atoms with E-state index in [9.17, 15) is 17.6 Å². The van der Waals surface area contributed by atoms with Gasteiger partial charge in [-0.05, 0) is 29.8 Å². The van der Waals surface area contributed by atoms with Crippen LogP contribution in [0.2, 0.25) is 0 Å². The van der Waals surface area contributed by atoms with Crippen molar-refractivity contribution in [3.63, 3.8) is 0 Å². The Bertz CT molecular complexity index is 898. The third-order valence-corrected chi connectivity index (χ3v) is 5.44. The monoisotopic (exact) mass is 365 g/mol. The van der Waals surface area contributed by atoms with Crippen molar-refractivity contribution in [2.24, 2.45) is 0 Å². The van der Waals surface area contributed by atoms with Crippen LogP contribution in [0.4, 0.5) is 4.39 Å². The number of carbonyl (C=O) groups excluding carboxylic acids is 1. The quantitative estimate of drug-likeness (QED) is 0.847. The molecule has 0 aliphatic carbocycles. The Morgan fingerprint density at radius 2 is 1.88 bits per heavy atom. The summed E-state index contributed by atoms with van der Waals surface area (Å²) >= 11 is 0. The molecule has 25 heavy (non-hydrogen) atoms. The van der Waals surface area contributed by atoms with E-state index in [0.717, 1.165) is 11.6 Å². The Balaban J connectivity index is 1.54. The maximum atomic E-state index is 13.6. The number of nitrogens with one attached hydrogen (secondary N) is 1. The normalized spacial score (nSPS) is 12.8. The molecule has 0 saturated carbocycles. The molecule has 1 aliphatic heterocycles. The number of fused-ring (bicyclic) bond motifs is 1. The van der Waals surface area contributed by atoms with Gasteiger partial charge in [-0.25, -0.2) is 12.8 Å². The average molecular weight is 365 g/mol. The lowest BCUT2D eigenvalue weighted by Gasteiger charge is -2.08. The van der Waals surface area contributed by atoms with Crippen LogP contribution in [0.5, 0.6) is 11.5 Å². The van der Waals surface area contributed by atoms with E-state index in [4.69, 9.17) is 9.47 Å². The van der Waals surface area contributed by atoms with Gasteiger partial charge in [0.2, 0.25) is 12.7 Å². The van der Waals surface area contributed by atoms with Crippen LogP contribution in [0.3, 0.4) is 0 Å². The molecule has 6 nitrogen and oxygen atoms in total. The Kier molecular flexibility index (Phi) is 4.89. The molecule has 8 heteroatoms. The summed E-state index contributed by atoms with van der Waals surface area (Å²) < 4.78 is 48.3. The number of amides is 1. The second kappa shape index (κ2) is 7.10. The predicted octanol–water partition coefficient (Wildman–Crippen LogP) is 2.03. The lowest BCUT2D eigenvalue weighted by molar-refractivity contribution is -0.120. The highest BCUT2D eigenvalue weighted by molar-refractivity contribution is 7.91. The van der Waals surface area contributed by atoms with Crippen LogP contribution in [-0.4, -0.2) is 26.9 Å². The van der Waals surface area contributed by atoms with E-state index < -0.39 is 32.2 Å². The number of carbonyl (C=O) groups is 1. The molecule has 0 aromatic heterocycles. The van der Waals surface area contributed by atoms with Crippen LogP contribution in [0, 0.1) is 5.82 Å². The van der Waals surface area contributed by atoms with Crippen molar-refractivity contribution in [3.8, 4) is 11.5 Å². The van der Waals surface area contributed by atoms with Crippen LogP contribution in [-0.2, 0) is 21.2 Å². The second-order valence-corrected chi connectivity index (χ2v) is 7.54. The second-order valence-electron chi connectivity index (χ2n) is 5.46. The predicted molar refractivity (Wildman–Crippen MR) is 87.5 cm³/mol. The summed E-state index contributed by atoms with van der Waals surface area (Å²) in [5, 5.41) is 2.64. The summed E-state index contributed by atoms with van der Waals surface area (Å²) in [6.07, 6.45) is -0.249. The zero-order valence-electron chi connectivity index (χ0n) is 13.2. The summed E-state index contributed by atoms with van der Waals surface area (Å²) in [7, 11) is -3.85. The highest BCUT2D eigenvalue weighted by Crippen LogP contribution is 2.32. The van der Waals surface area contributed by atoms with Crippen LogP contribution >= 0.6 is 0 Å². The van der Waals surface area contributed by atoms with Gasteiger partial charge in [-0.1, -0.05) is 18.2 Å². The number of rotatable bonds is 6. The van der Waals surface area contributed by atoms with Crippen molar-refractivity contribution >= 4 is 15.7 Å². The van der Waals surface area contributed by atoms with Gasteiger partial charge in [0, 0.05) is 13.0 Å². The molecule has 0 fully saturated rings. The lowest BCUT2D eigenvalue weighted by atomic mass is 10.2. The standard InChI is InChI=1S/C17H16FNO5S/c18-13-3-1-2-4-16(13)25(21,22)8-7-17(20)19-10-12-5-6-14-15(9-12)24-11-23-14/h1-6,9H,7-8,10-11H2,(H,19,20).